The zero-order valence-electron chi connectivity index (χ0n) is 5.86. The molecule has 0 radical (unpaired) electrons. The van der Waals surface area contributed by atoms with Crippen molar-refractivity contribution in [3.05, 3.63) is 12.2 Å². The first-order valence-electron chi connectivity index (χ1n) is 3.81. The van der Waals surface area contributed by atoms with Crippen molar-refractivity contribution < 1.29 is 9.84 Å². The number of aliphatic hydroxyl groups is 1. The maximum Gasteiger partial charge on any atom is 0.0759 e. The fourth-order valence-corrected chi connectivity index (χ4v) is 1.75. The zero-order chi connectivity index (χ0) is 6.97. The molecule has 2 nitrogen and oxygen atoms in total. The Morgan fingerprint density at radius 3 is 3.20 bits per heavy atom. The summed E-state index contributed by atoms with van der Waals surface area (Å²) in [5.74, 6) is 0.943. The van der Waals surface area contributed by atoms with Crippen LogP contribution in [0.25, 0.3) is 0 Å². The first kappa shape index (κ1) is 6.38. The van der Waals surface area contributed by atoms with Gasteiger partial charge in [0.15, 0.2) is 0 Å². The third-order valence-electron chi connectivity index (χ3n) is 2.45. The predicted molar refractivity (Wildman–Crippen MR) is 37.6 cm³/mol. The van der Waals surface area contributed by atoms with E-state index < -0.39 is 0 Å². The summed E-state index contributed by atoms with van der Waals surface area (Å²) >= 11 is 0. The van der Waals surface area contributed by atoms with Crippen LogP contribution in [-0.4, -0.2) is 24.4 Å². The Morgan fingerprint density at radius 1 is 1.50 bits per heavy atom. The number of hydrogen-bond acceptors (Lipinski definition) is 2. The average molecular weight is 140 g/mol. The highest BCUT2D eigenvalue weighted by atomic mass is 16.5. The van der Waals surface area contributed by atoms with E-state index in [0.717, 1.165) is 13.0 Å². The van der Waals surface area contributed by atoms with Gasteiger partial charge in [0.25, 0.3) is 0 Å². The van der Waals surface area contributed by atoms with Crippen molar-refractivity contribution >= 4 is 0 Å². The molecule has 56 valence electrons. The minimum atomic E-state index is 0.275. The fraction of sp³-hybridized carbons (Fsp3) is 0.750. The molecule has 0 amide bonds. The highest BCUT2D eigenvalue weighted by molar-refractivity contribution is 5.05. The summed E-state index contributed by atoms with van der Waals surface area (Å²) in [4.78, 5) is 0. The van der Waals surface area contributed by atoms with Gasteiger partial charge >= 0.3 is 0 Å². The van der Waals surface area contributed by atoms with Gasteiger partial charge in [-0.2, -0.15) is 0 Å². The van der Waals surface area contributed by atoms with Crippen molar-refractivity contribution in [3.8, 4) is 0 Å². The van der Waals surface area contributed by atoms with Crippen LogP contribution in [0.4, 0.5) is 0 Å². The molecule has 1 aliphatic carbocycles. The molecule has 0 saturated carbocycles. The molecule has 3 unspecified atom stereocenters. The van der Waals surface area contributed by atoms with E-state index in [9.17, 15) is 0 Å². The van der Waals surface area contributed by atoms with Gasteiger partial charge in [0.2, 0.25) is 0 Å². The molecule has 10 heavy (non-hydrogen) atoms. The topological polar surface area (TPSA) is 29.5 Å². The normalized spacial score (nSPS) is 44.3. The lowest BCUT2D eigenvalue weighted by atomic mass is 9.86. The summed E-state index contributed by atoms with van der Waals surface area (Å²) in [6, 6.07) is 0. The Kier molecular flexibility index (Phi) is 1.51. The Morgan fingerprint density at radius 2 is 2.40 bits per heavy atom. The van der Waals surface area contributed by atoms with Gasteiger partial charge in [-0.1, -0.05) is 12.2 Å². The summed E-state index contributed by atoms with van der Waals surface area (Å²) in [6.07, 6.45) is 5.63. The van der Waals surface area contributed by atoms with Crippen molar-refractivity contribution in [2.75, 3.05) is 13.2 Å². The quantitative estimate of drug-likeness (QED) is 0.539. The van der Waals surface area contributed by atoms with Gasteiger partial charge in [-0.15, -0.1) is 0 Å². The van der Waals surface area contributed by atoms with Crippen molar-refractivity contribution in [1.82, 2.24) is 0 Å². The highest BCUT2D eigenvalue weighted by Crippen LogP contribution is 2.32. The fourth-order valence-electron chi connectivity index (χ4n) is 1.75. The number of rotatable bonds is 1. The Balaban J connectivity index is 2.11. The SMILES string of the molecule is OCC1C=CC2CC1CO2. The number of aliphatic hydroxyl groups excluding tert-OH is 1. The van der Waals surface area contributed by atoms with Crippen LogP contribution < -0.4 is 0 Å². The minimum absolute atomic E-state index is 0.275. The molecule has 2 bridgehead atoms. The summed E-state index contributed by atoms with van der Waals surface area (Å²) in [6.45, 7) is 1.11. The monoisotopic (exact) mass is 140 g/mol. The summed E-state index contributed by atoms with van der Waals surface area (Å²) in [7, 11) is 0. The molecule has 1 heterocycles. The molecule has 2 aliphatic rings. The minimum Gasteiger partial charge on any atom is -0.396 e. The predicted octanol–water partition coefficient (Wildman–Crippen LogP) is 0.570. The first-order chi connectivity index (χ1) is 4.90. The van der Waals surface area contributed by atoms with Gasteiger partial charge in [-0.3, -0.25) is 0 Å². The van der Waals surface area contributed by atoms with Gasteiger partial charge in [-0.25, -0.2) is 0 Å². The molecular weight excluding hydrogens is 128 g/mol. The molecule has 0 aromatic rings. The summed E-state index contributed by atoms with van der Waals surface area (Å²) in [5.41, 5.74) is 0. The summed E-state index contributed by atoms with van der Waals surface area (Å²) < 4.78 is 5.41. The van der Waals surface area contributed by atoms with Gasteiger partial charge < -0.3 is 9.84 Å². The van der Waals surface area contributed by atoms with Crippen LogP contribution in [0.1, 0.15) is 6.42 Å². The lowest BCUT2D eigenvalue weighted by molar-refractivity contribution is 0.135. The summed E-state index contributed by atoms with van der Waals surface area (Å²) in [5, 5.41) is 8.90. The third kappa shape index (κ3) is 0.879. The van der Waals surface area contributed by atoms with Crippen LogP contribution in [0.3, 0.4) is 0 Å². The van der Waals surface area contributed by atoms with Crippen LogP contribution in [0, 0.1) is 11.8 Å². The van der Waals surface area contributed by atoms with Crippen LogP contribution >= 0.6 is 0 Å². The molecule has 3 atom stereocenters. The van der Waals surface area contributed by atoms with E-state index in [2.05, 4.69) is 12.2 Å². The van der Waals surface area contributed by atoms with Crippen LogP contribution in [0.2, 0.25) is 0 Å². The smallest absolute Gasteiger partial charge is 0.0759 e. The Hall–Kier alpha value is -0.340. The van der Waals surface area contributed by atoms with E-state index in [1.54, 1.807) is 0 Å². The molecule has 2 rings (SSSR count). The van der Waals surface area contributed by atoms with E-state index in [1.165, 1.54) is 0 Å². The standard InChI is InChI=1S/C8H12O2/c9-4-6-1-2-8-3-7(6)5-10-8/h1-2,6-9H,3-5H2. The van der Waals surface area contributed by atoms with Gasteiger partial charge in [0.1, 0.15) is 0 Å². The lowest BCUT2D eigenvalue weighted by Crippen LogP contribution is -2.19. The second-order valence-electron chi connectivity index (χ2n) is 3.10. The molecule has 1 aliphatic heterocycles. The van der Waals surface area contributed by atoms with Crippen LogP contribution in [0.5, 0.6) is 0 Å². The molecule has 2 heteroatoms. The Labute approximate surface area is 60.5 Å². The lowest BCUT2D eigenvalue weighted by Gasteiger charge is -2.18. The molecule has 1 N–H and O–H groups in total. The second-order valence-corrected chi connectivity index (χ2v) is 3.10. The van der Waals surface area contributed by atoms with Crippen molar-refractivity contribution in [2.24, 2.45) is 11.8 Å². The van der Waals surface area contributed by atoms with Gasteiger partial charge in [0.05, 0.1) is 12.7 Å². The van der Waals surface area contributed by atoms with E-state index in [1.807, 2.05) is 0 Å². The van der Waals surface area contributed by atoms with E-state index in [-0.39, 0.29) is 6.61 Å². The second kappa shape index (κ2) is 2.36. The van der Waals surface area contributed by atoms with Crippen molar-refractivity contribution in [2.45, 2.75) is 12.5 Å². The maximum absolute atomic E-state index is 8.90. The number of ether oxygens (including phenoxy) is 1. The first-order valence-corrected chi connectivity index (χ1v) is 3.81. The van der Waals surface area contributed by atoms with Crippen LogP contribution in [-0.2, 0) is 4.74 Å². The highest BCUT2D eigenvalue weighted by Gasteiger charge is 2.32. The molecular formula is C8H12O2. The maximum atomic E-state index is 8.90. The number of fused-ring (bicyclic) bond motifs is 2. The number of hydrogen-bond donors (Lipinski definition) is 1. The zero-order valence-corrected chi connectivity index (χ0v) is 5.86. The van der Waals surface area contributed by atoms with E-state index in [0.29, 0.717) is 17.9 Å². The molecule has 0 aromatic carbocycles. The van der Waals surface area contributed by atoms with E-state index in [4.69, 9.17) is 9.84 Å². The van der Waals surface area contributed by atoms with Crippen LogP contribution in [0.15, 0.2) is 12.2 Å². The third-order valence-corrected chi connectivity index (χ3v) is 2.45. The Bertz CT molecular complexity index is 153. The van der Waals surface area contributed by atoms with Gasteiger partial charge in [-0.05, 0) is 12.3 Å². The molecule has 1 saturated heterocycles. The van der Waals surface area contributed by atoms with Crippen molar-refractivity contribution in [3.63, 3.8) is 0 Å². The average Bonchev–Trinajstić information content (AvgIpc) is 2.34. The van der Waals surface area contributed by atoms with E-state index >= 15 is 0 Å². The molecule has 1 fully saturated rings. The molecule has 0 aromatic heterocycles. The molecule has 0 spiro atoms. The largest absolute Gasteiger partial charge is 0.396 e. The van der Waals surface area contributed by atoms with Gasteiger partial charge in [0, 0.05) is 12.5 Å². The van der Waals surface area contributed by atoms with Crippen molar-refractivity contribution in [1.29, 1.82) is 0 Å².